The van der Waals surface area contributed by atoms with Crippen LogP contribution >= 0.6 is 27.3 Å². The number of fused-ring (bicyclic) bond motifs is 1. The molecule has 0 saturated carbocycles. The van der Waals surface area contributed by atoms with Gasteiger partial charge >= 0.3 is 0 Å². The molecule has 0 radical (unpaired) electrons. The van der Waals surface area contributed by atoms with E-state index in [-0.39, 0.29) is 11.9 Å². The first-order valence-electron chi connectivity index (χ1n) is 6.63. The zero-order chi connectivity index (χ0) is 14.3. The molecule has 2 aromatic rings. The van der Waals surface area contributed by atoms with Crippen molar-refractivity contribution in [1.29, 1.82) is 0 Å². The highest BCUT2D eigenvalue weighted by Gasteiger charge is 2.27. The molecule has 3 rings (SSSR count). The zero-order valence-electron chi connectivity index (χ0n) is 11.2. The Morgan fingerprint density at radius 2 is 2.25 bits per heavy atom. The molecule has 0 bridgehead atoms. The second-order valence-electron chi connectivity index (χ2n) is 4.99. The molecule has 1 atom stereocenters. The van der Waals surface area contributed by atoms with Crippen molar-refractivity contribution in [2.45, 2.75) is 25.9 Å². The number of halogens is 2. The average Bonchev–Trinajstić information content (AvgIpc) is 2.92. The topological polar surface area (TPSA) is 29.3 Å². The number of nitrogens with zero attached hydrogens (tertiary/aromatic N) is 1. The smallest absolute Gasteiger partial charge is 0.160 e. The van der Waals surface area contributed by atoms with Gasteiger partial charge in [-0.05, 0) is 57.9 Å². The van der Waals surface area contributed by atoms with Gasteiger partial charge in [0.05, 0.1) is 16.2 Å². The van der Waals surface area contributed by atoms with Gasteiger partial charge in [0.1, 0.15) is 0 Å². The van der Waals surface area contributed by atoms with Crippen LogP contribution in [0.4, 0.5) is 10.1 Å². The molecule has 106 valence electrons. The highest BCUT2D eigenvalue weighted by atomic mass is 79.9. The molecular weight excluding hydrogens is 339 g/mol. The summed E-state index contributed by atoms with van der Waals surface area (Å²) in [5, 5.41) is 2.12. The minimum atomic E-state index is -0.210. The first kappa shape index (κ1) is 14.0. The SMILES string of the molecule is CC1c2ccsc2CCN1c1ccc(CN)c(Br)c1F. The van der Waals surface area contributed by atoms with Crippen LogP contribution in [0.25, 0.3) is 0 Å². The molecule has 1 aliphatic rings. The maximum absolute atomic E-state index is 14.6. The Kier molecular flexibility index (Phi) is 3.84. The molecule has 1 aromatic heterocycles. The van der Waals surface area contributed by atoms with Crippen LogP contribution in [0.3, 0.4) is 0 Å². The minimum absolute atomic E-state index is 0.204. The molecular formula is C15H16BrFN2S. The molecule has 0 saturated heterocycles. The third-order valence-electron chi connectivity index (χ3n) is 3.95. The van der Waals surface area contributed by atoms with Crippen LogP contribution in [-0.4, -0.2) is 6.54 Å². The van der Waals surface area contributed by atoms with Gasteiger partial charge in [0.25, 0.3) is 0 Å². The number of hydrogen-bond acceptors (Lipinski definition) is 3. The Balaban J connectivity index is 2.01. The lowest BCUT2D eigenvalue weighted by Crippen LogP contribution is -2.33. The first-order valence-corrected chi connectivity index (χ1v) is 8.30. The van der Waals surface area contributed by atoms with Crippen molar-refractivity contribution in [3.05, 3.63) is 49.9 Å². The van der Waals surface area contributed by atoms with Gasteiger partial charge in [-0.3, -0.25) is 0 Å². The average molecular weight is 355 g/mol. The number of benzene rings is 1. The highest BCUT2D eigenvalue weighted by molar-refractivity contribution is 9.10. The van der Waals surface area contributed by atoms with Crippen molar-refractivity contribution >= 4 is 33.0 Å². The third-order valence-corrected chi connectivity index (χ3v) is 5.80. The monoisotopic (exact) mass is 354 g/mol. The molecule has 1 unspecified atom stereocenters. The van der Waals surface area contributed by atoms with E-state index in [1.807, 2.05) is 12.1 Å². The number of nitrogens with two attached hydrogens (primary N) is 1. The number of hydrogen-bond donors (Lipinski definition) is 1. The zero-order valence-corrected chi connectivity index (χ0v) is 13.6. The van der Waals surface area contributed by atoms with E-state index in [9.17, 15) is 4.39 Å². The molecule has 0 amide bonds. The quantitative estimate of drug-likeness (QED) is 0.874. The lowest BCUT2D eigenvalue weighted by Gasteiger charge is -2.36. The van der Waals surface area contributed by atoms with Crippen molar-refractivity contribution < 1.29 is 4.39 Å². The van der Waals surface area contributed by atoms with Crippen LogP contribution in [-0.2, 0) is 13.0 Å². The molecule has 2 heterocycles. The first-order chi connectivity index (χ1) is 9.63. The summed E-state index contributed by atoms with van der Waals surface area (Å²) in [6, 6.07) is 6.10. The van der Waals surface area contributed by atoms with Crippen LogP contribution in [0.15, 0.2) is 28.1 Å². The summed E-state index contributed by atoms with van der Waals surface area (Å²) in [6.07, 6.45) is 0.979. The van der Waals surface area contributed by atoms with Crippen LogP contribution in [0.5, 0.6) is 0 Å². The van der Waals surface area contributed by atoms with Gasteiger partial charge < -0.3 is 10.6 Å². The van der Waals surface area contributed by atoms with Crippen LogP contribution < -0.4 is 10.6 Å². The van der Waals surface area contributed by atoms with E-state index in [0.717, 1.165) is 18.5 Å². The van der Waals surface area contributed by atoms with Crippen LogP contribution in [0.1, 0.15) is 29.0 Å². The fourth-order valence-electron chi connectivity index (χ4n) is 2.80. The second-order valence-corrected chi connectivity index (χ2v) is 6.79. The summed E-state index contributed by atoms with van der Waals surface area (Å²) in [7, 11) is 0. The number of anilines is 1. The number of rotatable bonds is 2. The molecule has 20 heavy (non-hydrogen) atoms. The summed E-state index contributed by atoms with van der Waals surface area (Å²) in [5.41, 5.74) is 8.38. The molecule has 1 aromatic carbocycles. The van der Waals surface area contributed by atoms with Crippen molar-refractivity contribution in [2.75, 3.05) is 11.4 Å². The Morgan fingerprint density at radius 3 is 3.00 bits per heavy atom. The molecule has 2 N–H and O–H groups in total. The molecule has 1 aliphatic heterocycles. The maximum atomic E-state index is 14.6. The molecule has 5 heteroatoms. The van der Waals surface area contributed by atoms with Crippen molar-refractivity contribution in [3.8, 4) is 0 Å². The van der Waals surface area contributed by atoms with Crippen molar-refractivity contribution in [1.82, 2.24) is 0 Å². The summed E-state index contributed by atoms with van der Waals surface area (Å²) < 4.78 is 15.1. The van der Waals surface area contributed by atoms with Gasteiger partial charge in [0.15, 0.2) is 5.82 Å². The Morgan fingerprint density at radius 1 is 1.45 bits per heavy atom. The summed E-state index contributed by atoms with van der Waals surface area (Å²) in [4.78, 5) is 3.56. The van der Waals surface area contributed by atoms with Gasteiger partial charge in [-0.25, -0.2) is 4.39 Å². The minimum Gasteiger partial charge on any atom is -0.362 e. The van der Waals surface area contributed by atoms with Gasteiger partial charge in [0.2, 0.25) is 0 Å². The Labute approximate surface area is 130 Å². The normalized spacial score (nSPS) is 18.2. The van der Waals surface area contributed by atoms with E-state index in [1.54, 1.807) is 11.3 Å². The van der Waals surface area contributed by atoms with Gasteiger partial charge in [-0.15, -0.1) is 11.3 Å². The summed E-state index contributed by atoms with van der Waals surface area (Å²) >= 11 is 5.12. The van der Waals surface area contributed by atoms with E-state index >= 15 is 0 Å². The van der Waals surface area contributed by atoms with Crippen LogP contribution in [0, 0.1) is 5.82 Å². The second kappa shape index (κ2) is 5.47. The van der Waals surface area contributed by atoms with Gasteiger partial charge in [-0.1, -0.05) is 6.07 Å². The lowest BCUT2D eigenvalue weighted by molar-refractivity contribution is 0.577. The molecule has 2 nitrogen and oxygen atoms in total. The van der Waals surface area contributed by atoms with Crippen LogP contribution in [0.2, 0.25) is 0 Å². The van der Waals surface area contributed by atoms with Gasteiger partial charge in [0, 0.05) is 18.0 Å². The maximum Gasteiger partial charge on any atom is 0.160 e. The predicted molar refractivity (Wildman–Crippen MR) is 85.8 cm³/mol. The Bertz CT molecular complexity index is 641. The fourth-order valence-corrected chi connectivity index (χ4v) is 4.26. The third kappa shape index (κ3) is 2.18. The van der Waals surface area contributed by atoms with E-state index in [4.69, 9.17) is 5.73 Å². The van der Waals surface area contributed by atoms with E-state index < -0.39 is 0 Å². The summed E-state index contributed by atoms with van der Waals surface area (Å²) in [5.74, 6) is -0.210. The fraction of sp³-hybridized carbons (Fsp3) is 0.333. The largest absolute Gasteiger partial charge is 0.362 e. The standard InChI is InChI=1S/C15H16BrFN2S/c1-9-11-5-7-20-13(11)4-6-19(9)12-3-2-10(8-18)14(16)15(12)17/h2-3,5,7,9H,4,6,8,18H2,1H3. The Hall–Kier alpha value is -0.910. The lowest BCUT2D eigenvalue weighted by atomic mass is 10.0. The predicted octanol–water partition coefficient (Wildman–Crippen LogP) is 4.23. The van der Waals surface area contributed by atoms with Gasteiger partial charge in [-0.2, -0.15) is 0 Å². The van der Waals surface area contributed by atoms with Crippen molar-refractivity contribution in [2.24, 2.45) is 5.73 Å². The summed E-state index contributed by atoms with van der Waals surface area (Å²) in [6.45, 7) is 3.32. The van der Waals surface area contributed by atoms with E-state index in [0.29, 0.717) is 16.7 Å². The van der Waals surface area contributed by atoms with E-state index in [2.05, 4.69) is 39.2 Å². The van der Waals surface area contributed by atoms with E-state index in [1.165, 1.54) is 10.4 Å². The highest BCUT2D eigenvalue weighted by Crippen LogP contribution is 2.38. The number of thiophene rings is 1. The molecule has 0 aliphatic carbocycles. The van der Waals surface area contributed by atoms with Crippen molar-refractivity contribution in [3.63, 3.8) is 0 Å². The molecule has 0 spiro atoms. The molecule has 0 fully saturated rings.